The monoisotopic (exact) mass is 251 g/mol. The van der Waals surface area contributed by atoms with Crippen LogP contribution in [0.4, 0.5) is 10.1 Å². The standard InChI is InChI=1S/C13H14FNO3/c1-7-2-3-9(8(14)6-7)15-13(16)10-11-12(10)18-5-4-17-11/h2-3,6,10-12H,4-5H2,1H3,(H,15,16). The first-order valence-corrected chi connectivity index (χ1v) is 5.97. The van der Waals surface area contributed by atoms with Crippen molar-refractivity contribution in [2.75, 3.05) is 18.5 Å². The van der Waals surface area contributed by atoms with Gasteiger partial charge in [-0.3, -0.25) is 4.79 Å². The van der Waals surface area contributed by atoms with E-state index in [1.54, 1.807) is 19.1 Å². The molecule has 18 heavy (non-hydrogen) atoms. The summed E-state index contributed by atoms with van der Waals surface area (Å²) >= 11 is 0. The van der Waals surface area contributed by atoms with Gasteiger partial charge < -0.3 is 14.8 Å². The van der Waals surface area contributed by atoms with Gasteiger partial charge in [-0.1, -0.05) is 6.07 Å². The third-order valence-electron chi connectivity index (χ3n) is 3.28. The molecule has 1 aromatic carbocycles. The van der Waals surface area contributed by atoms with Crippen LogP contribution in [0.25, 0.3) is 0 Å². The summed E-state index contributed by atoms with van der Waals surface area (Å²) < 4.78 is 24.4. The highest BCUT2D eigenvalue weighted by atomic mass is 19.1. The maximum absolute atomic E-state index is 13.6. The number of carbonyl (C=O) groups excluding carboxylic acids is 1. The van der Waals surface area contributed by atoms with E-state index in [0.29, 0.717) is 13.2 Å². The van der Waals surface area contributed by atoms with Gasteiger partial charge in [-0.05, 0) is 24.6 Å². The van der Waals surface area contributed by atoms with Gasteiger partial charge in [0.25, 0.3) is 0 Å². The van der Waals surface area contributed by atoms with E-state index in [9.17, 15) is 9.18 Å². The number of benzene rings is 1. The number of aryl methyl sites for hydroxylation is 1. The summed E-state index contributed by atoms with van der Waals surface area (Å²) in [6, 6.07) is 4.71. The number of anilines is 1. The van der Waals surface area contributed by atoms with Gasteiger partial charge in [0.1, 0.15) is 5.82 Å². The van der Waals surface area contributed by atoms with Crippen LogP contribution in [0.5, 0.6) is 0 Å². The van der Waals surface area contributed by atoms with Gasteiger partial charge in [-0.2, -0.15) is 0 Å². The average Bonchev–Trinajstić information content (AvgIpc) is 3.07. The SMILES string of the molecule is Cc1ccc(NC(=O)C2C3OCCOC32)c(F)c1. The first-order valence-electron chi connectivity index (χ1n) is 5.97. The van der Waals surface area contributed by atoms with Crippen LogP contribution in [0.1, 0.15) is 5.56 Å². The molecule has 3 rings (SSSR count). The largest absolute Gasteiger partial charge is 0.372 e. The fourth-order valence-corrected chi connectivity index (χ4v) is 2.26. The second-order valence-electron chi connectivity index (χ2n) is 4.67. The lowest BCUT2D eigenvalue weighted by molar-refractivity contribution is -0.118. The smallest absolute Gasteiger partial charge is 0.233 e. The van der Waals surface area contributed by atoms with E-state index in [0.717, 1.165) is 5.56 Å². The van der Waals surface area contributed by atoms with Crippen molar-refractivity contribution in [3.05, 3.63) is 29.6 Å². The van der Waals surface area contributed by atoms with Gasteiger partial charge in [0.05, 0.1) is 37.0 Å². The van der Waals surface area contributed by atoms with Gasteiger partial charge in [-0.25, -0.2) is 4.39 Å². The summed E-state index contributed by atoms with van der Waals surface area (Å²) in [6.07, 6.45) is -0.320. The Morgan fingerprint density at radius 2 is 2.00 bits per heavy atom. The second kappa shape index (κ2) is 4.33. The number of nitrogens with one attached hydrogen (secondary N) is 1. The van der Waals surface area contributed by atoms with Crippen LogP contribution < -0.4 is 5.32 Å². The molecule has 1 amide bonds. The molecule has 96 valence electrons. The number of halogens is 1. The molecule has 0 aromatic heterocycles. The van der Waals surface area contributed by atoms with E-state index < -0.39 is 5.82 Å². The molecule has 2 fully saturated rings. The molecule has 0 radical (unpaired) electrons. The van der Waals surface area contributed by atoms with Crippen molar-refractivity contribution in [2.24, 2.45) is 5.92 Å². The predicted octanol–water partition coefficient (Wildman–Crippen LogP) is 1.49. The number of carbonyl (C=O) groups is 1. The first kappa shape index (κ1) is 11.6. The Labute approximate surface area is 104 Å². The Balaban J connectivity index is 1.68. The van der Waals surface area contributed by atoms with Crippen LogP contribution in [-0.4, -0.2) is 31.3 Å². The molecule has 0 spiro atoms. The van der Waals surface area contributed by atoms with Crippen molar-refractivity contribution in [2.45, 2.75) is 19.1 Å². The van der Waals surface area contributed by atoms with Crippen LogP contribution >= 0.6 is 0 Å². The topological polar surface area (TPSA) is 47.6 Å². The van der Waals surface area contributed by atoms with Crippen LogP contribution in [0.2, 0.25) is 0 Å². The summed E-state index contributed by atoms with van der Waals surface area (Å²) in [7, 11) is 0. The predicted molar refractivity (Wildman–Crippen MR) is 62.7 cm³/mol. The summed E-state index contributed by atoms with van der Waals surface area (Å²) in [5, 5.41) is 2.58. The molecule has 1 saturated heterocycles. The van der Waals surface area contributed by atoms with E-state index in [2.05, 4.69) is 5.32 Å². The highest BCUT2D eigenvalue weighted by molar-refractivity contribution is 5.95. The summed E-state index contributed by atoms with van der Waals surface area (Å²) in [4.78, 5) is 11.9. The zero-order valence-electron chi connectivity index (χ0n) is 9.98. The highest BCUT2D eigenvalue weighted by Crippen LogP contribution is 2.40. The van der Waals surface area contributed by atoms with E-state index in [-0.39, 0.29) is 29.7 Å². The summed E-state index contributed by atoms with van der Waals surface area (Å²) in [6.45, 7) is 2.83. The molecule has 1 aliphatic heterocycles. The molecule has 1 heterocycles. The minimum atomic E-state index is -0.422. The van der Waals surface area contributed by atoms with Gasteiger partial charge in [0.15, 0.2) is 0 Å². The molecule has 1 saturated carbocycles. The zero-order valence-corrected chi connectivity index (χ0v) is 9.98. The van der Waals surface area contributed by atoms with Crippen LogP contribution in [0, 0.1) is 18.7 Å². The lowest BCUT2D eigenvalue weighted by Gasteiger charge is -2.08. The molecule has 0 bridgehead atoms. The van der Waals surface area contributed by atoms with Gasteiger partial charge in [0, 0.05) is 0 Å². The third kappa shape index (κ3) is 2.00. The number of ether oxygens (including phenoxy) is 2. The summed E-state index contributed by atoms with van der Waals surface area (Å²) in [5.74, 6) is -0.975. The second-order valence-corrected chi connectivity index (χ2v) is 4.67. The Bertz CT molecular complexity index is 479. The fourth-order valence-electron chi connectivity index (χ4n) is 2.26. The van der Waals surface area contributed by atoms with Gasteiger partial charge in [-0.15, -0.1) is 0 Å². The molecule has 2 aliphatic rings. The molecule has 1 aliphatic carbocycles. The lowest BCUT2D eigenvalue weighted by atomic mass is 10.2. The van der Waals surface area contributed by atoms with Crippen molar-refractivity contribution >= 4 is 11.6 Å². The molecule has 2 unspecified atom stereocenters. The van der Waals surface area contributed by atoms with Crippen molar-refractivity contribution in [1.29, 1.82) is 0 Å². The third-order valence-corrected chi connectivity index (χ3v) is 3.28. The first-order chi connectivity index (χ1) is 8.66. The minimum Gasteiger partial charge on any atom is -0.372 e. The molecule has 1 aromatic rings. The van der Waals surface area contributed by atoms with Crippen LogP contribution in [0.3, 0.4) is 0 Å². The Morgan fingerprint density at radius 1 is 1.33 bits per heavy atom. The maximum atomic E-state index is 13.6. The zero-order chi connectivity index (χ0) is 12.7. The lowest BCUT2D eigenvalue weighted by Crippen LogP contribution is -2.17. The van der Waals surface area contributed by atoms with Crippen LogP contribution in [0.15, 0.2) is 18.2 Å². The molecular formula is C13H14FNO3. The van der Waals surface area contributed by atoms with Crippen molar-refractivity contribution in [1.82, 2.24) is 0 Å². The highest BCUT2D eigenvalue weighted by Gasteiger charge is 2.59. The van der Waals surface area contributed by atoms with Crippen molar-refractivity contribution < 1.29 is 18.7 Å². The number of hydrogen-bond acceptors (Lipinski definition) is 3. The average molecular weight is 251 g/mol. The number of rotatable bonds is 2. The number of hydrogen-bond donors (Lipinski definition) is 1. The van der Waals surface area contributed by atoms with E-state index >= 15 is 0 Å². The summed E-state index contributed by atoms with van der Waals surface area (Å²) in [5.41, 5.74) is 1.02. The maximum Gasteiger partial charge on any atom is 0.233 e. The molecule has 5 heteroatoms. The van der Waals surface area contributed by atoms with Crippen LogP contribution in [-0.2, 0) is 14.3 Å². The van der Waals surface area contributed by atoms with Crippen molar-refractivity contribution in [3.63, 3.8) is 0 Å². The Morgan fingerprint density at radius 3 is 2.61 bits per heavy atom. The fraction of sp³-hybridized carbons (Fsp3) is 0.462. The molecular weight excluding hydrogens is 237 g/mol. The van der Waals surface area contributed by atoms with E-state index in [1.165, 1.54) is 6.07 Å². The quantitative estimate of drug-likeness (QED) is 0.866. The Kier molecular flexibility index (Phi) is 2.80. The van der Waals surface area contributed by atoms with Crippen molar-refractivity contribution in [3.8, 4) is 0 Å². The van der Waals surface area contributed by atoms with Gasteiger partial charge in [0.2, 0.25) is 5.91 Å². The molecule has 2 atom stereocenters. The van der Waals surface area contributed by atoms with E-state index in [1.807, 2.05) is 0 Å². The molecule has 1 N–H and O–H groups in total. The van der Waals surface area contributed by atoms with Gasteiger partial charge >= 0.3 is 0 Å². The number of amides is 1. The normalized spacial score (nSPS) is 29.6. The molecule has 4 nitrogen and oxygen atoms in total. The van der Waals surface area contributed by atoms with E-state index in [4.69, 9.17) is 9.47 Å². The Hall–Kier alpha value is -1.46. The minimum absolute atomic E-state index is 0.160. The number of fused-ring (bicyclic) bond motifs is 1.